The van der Waals surface area contributed by atoms with E-state index < -0.39 is 0 Å². The number of aryl methyl sites for hydroxylation is 1. The number of rotatable bonds is 6. The third kappa shape index (κ3) is 4.81. The summed E-state index contributed by atoms with van der Waals surface area (Å²) in [6, 6.07) is 7.17. The Bertz CT molecular complexity index is 347. The van der Waals surface area contributed by atoms with Gasteiger partial charge in [-0.2, -0.15) is 0 Å². The van der Waals surface area contributed by atoms with Crippen molar-refractivity contribution in [2.75, 3.05) is 6.54 Å². The molecule has 1 aromatic carbocycles. The molecular formula is C15H24BrN. The lowest BCUT2D eigenvalue weighted by Crippen LogP contribution is -2.21. The summed E-state index contributed by atoms with van der Waals surface area (Å²) in [7, 11) is 0. The standard InChI is InChI=1S/C15H24BrN/c1-5-17-15(9-6-11(2)3)13-7-8-14(16)12(4)10-13/h7-8,10-11,15,17H,5-6,9H2,1-4H3. The Morgan fingerprint density at radius 2 is 1.94 bits per heavy atom. The van der Waals surface area contributed by atoms with Crippen LogP contribution in [0, 0.1) is 12.8 Å². The summed E-state index contributed by atoms with van der Waals surface area (Å²) in [6.45, 7) is 9.93. The average molecular weight is 298 g/mol. The van der Waals surface area contributed by atoms with Crippen LogP contribution in [0.5, 0.6) is 0 Å². The van der Waals surface area contributed by atoms with Gasteiger partial charge >= 0.3 is 0 Å². The van der Waals surface area contributed by atoms with Crippen LogP contribution in [0.3, 0.4) is 0 Å². The highest BCUT2D eigenvalue weighted by molar-refractivity contribution is 9.10. The van der Waals surface area contributed by atoms with Gasteiger partial charge < -0.3 is 5.32 Å². The van der Waals surface area contributed by atoms with E-state index in [2.05, 4.69) is 67.1 Å². The van der Waals surface area contributed by atoms with Crippen molar-refractivity contribution in [3.63, 3.8) is 0 Å². The van der Waals surface area contributed by atoms with Crippen molar-refractivity contribution in [1.82, 2.24) is 5.32 Å². The molecule has 0 aromatic heterocycles. The Hall–Kier alpha value is -0.340. The molecule has 0 aliphatic carbocycles. The number of hydrogen-bond acceptors (Lipinski definition) is 1. The zero-order valence-corrected chi connectivity index (χ0v) is 13.0. The van der Waals surface area contributed by atoms with E-state index in [0.717, 1.165) is 12.5 Å². The van der Waals surface area contributed by atoms with Crippen LogP contribution in [0.1, 0.15) is 50.8 Å². The second-order valence-electron chi connectivity index (χ2n) is 5.09. The van der Waals surface area contributed by atoms with E-state index in [1.807, 2.05) is 0 Å². The summed E-state index contributed by atoms with van der Waals surface area (Å²) in [4.78, 5) is 0. The van der Waals surface area contributed by atoms with Crippen molar-refractivity contribution in [2.24, 2.45) is 5.92 Å². The Morgan fingerprint density at radius 1 is 1.24 bits per heavy atom. The Morgan fingerprint density at radius 3 is 2.47 bits per heavy atom. The minimum atomic E-state index is 0.495. The number of hydrogen-bond donors (Lipinski definition) is 1. The van der Waals surface area contributed by atoms with Gasteiger partial charge in [0.2, 0.25) is 0 Å². The zero-order chi connectivity index (χ0) is 12.8. The van der Waals surface area contributed by atoms with Gasteiger partial charge in [-0.3, -0.25) is 0 Å². The molecule has 2 heteroatoms. The molecule has 0 spiro atoms. The van der Waals surface area contributed by atoms with Crippen LogP contribution in [-0.4, -0.2) is 6.54 Å². The first-order valence-corrected chi connectivity index (χ1v) is 7.33. The number of halogens is 1. The van der Waals surface area contributed by atoms with Crippen LogP contribution in [-0.2, 0) is 0 Å². The molecular weight excluding hydrogens is 274 g/mol. The predicted molar refractivity (Wildman–Crippen MR) is 79.4 cm³/mol. The third-order valence-electron chi connectivity index (χ3n) is 3.07. The molecule has 0 bridgehead atoms. The maximum atomic E-state index is 3.59. The lowest BCUT2D eigenvalue weighted by Gasteiger charge is -2.20. The van der Waals surface area contributed by atoms with Crippen LogP contribution >= 0.6 is 15.9 Å². The van der Waals surface area contributed by atoms with Crippen molar-refractivity contribution >= 4 is 15.9 Å². The van der Waals surface area contributed by atoms with Crippen molar-refractivity contribution in [1.29, 1.82) is 0 Å². The van der Waals surface area contributed by atoms with Crippen molar-refractivity contribution in [3.8, 4) is 0 Å². The van der Waals surface area contributed by atoms with Crippen molar-refractivity contribution in [3.05, 3.63) is 33.8 Å². The van der Waals surface area contributed by atoms with E-state index in [4.69, 9.17) is 0 Å². The van der Waals surface area contributed by atoms with Crippen molar-refractivity contribution < 1.29 is 0 Å². The molecule has 0 amide bonds. The molecule has 1 rings (SSSR count). The maximum absolute atomic E-state index is 3.59. The first kappa shape index (κ1) is 14.7. The minimum absolute atomic E-state index is 0.495. The van der Waals surface area contributed by atoms with Gasteiger partial charge in [0.05, 0.1) is 0 Å². The highest BCUT2D eigenvalue weighted by atomic mass is 79.9. The molecule has 1 unspecified atom stereocenters. The minimum Gasteiger partial charge on any atom is -0.310 e. The average Bonchev–Trinajstić information content (AvgIpc) is 2.28. The van der Waals surface area contributed by atoms with Gasteiger partial charge in [-0.1, -0.05) is 48.8 Å². The maximum Gasteiger partial charge on any atom is 0.0320 e. The smallest absolute Gasteiger partial charge is 0.0320 e. The molecule has 96 valence electrons. The molecule has 0 heterocycles. The summed E-state index contributed by atoms with van der Waals surface area (Å²) in [6.07, 6.45) is 2.49. The normalized spacial score (nSPS) is 13.1. The summed E-state index contributed by atoms with van der Waals surface area (Å²) >= 11 is 3.56. The van der Waals surface area contributed by atoms with E-state index in [1.54, 1.807) is 0 Å². The van der Waals surface area contributed by atoms with E-state index in [-0.39, 0.29) is 0 Å². The van der Waals surface area contributed by atoms with Gasteiger partial charge in [-0.05, 0) is 49.4 Å². The van der Waals surface area contributed by atoms with Gasteiger partial charge in [-0.25, -0.2) is 0 Å². The fourth-order valence-corrected chi connectivity index (χ4v) is 2.26. The second-order valence-corrected chi connectivity index (χ2v) is 5.94. The largest absolute Gasteiger partial charge is 0.310 e. The SMILES string of the molecule is CCNC(CCC(C)C)c1ccc(Br)c(C)c1. The zero-order valence-electron chi connectivity index (χ0n) is 11.4. The molecule has 1 atom stereocenters. The monoisotopic (exact) mass is 297 g/mol. The summed E-state index contributed by atoms with van der Waals surface area (Å²) in [5.41, 5.74) is 2.73. The Labute approximate surface area is 114 Å². The lowest BCUT2D eigenvalue weighted by molar-refractivity contribution is 0.448. The fourth-order valence-electron chi connectivity index (χ4n) is 2.02. The molecule has 0 aliphatic heterocycles. The van der Waals surface area contributed by atoms with Gasteiger partial charge in [-0.15, -0.1) is 0 Å². The fraction of sp³-hybridized carbons (Fsp3) is 0.600. The lowest BCUT2D eigenvalue weighted by atomic mass is 9.96. The first-order valence-electron chi connectivity index (χ1n) is 6.54. The van der Waals surface area contributed by atoms with Crippen LogP contribution in [0.15, 0.2) is 22.7 Å². The van der Waals surface area contributed by atoms with Crippen molar-refractivity contribution in [2.45, 2.75) is 46.6 Å². The molecule has 0 saturated carbocycles. The van der Waals surface area contributed by atoms with E-state index in [9.17, 15) is 0 Å². The summed E-state index contributed by atoms with van der Waals surface area (Å²) in [5, 5.41) is 3.59. The van der Waals surface area contributed by atoms with Crippen LogP contribution in [0.2, 0.25) is 0 Å². The molecule has 0 aliphatic rings. The predicted octanol–water partition coefficient (Wildman–Crippen LogP) is 4.84. The van der Waals surface area contributed by atoms with E-state index in [0.29, 0.717) is 6.04 Å². The highest BCUT2D eigenvalue weighted by Crippen LogP contribution is 2.25. The quantitative estimate of drug-likeness (QED) is 0.792. The summed E-state index contributed by atoms with van der Waals surface area (Å²) < 4.78 is 1.19. The van der Waals surface area contributed by atoms with Crippen LogP contribution in [0.25, 0.3) is 0 Å². The second kappa shape index (κ2) is 7.17. The highest BCUT2D eigenvalue weighted by Gasteiger charge is 2.11. The number of nitrogens with one attached hydrogen (secondary N) is 1. The van der Waals surface area contributed by atoms with Gasteiger partial charge in [0.15, 0.2) is 0 Å². The first-order chi connectivity index (χ1) is 8.04. The van der Waals surface area contributed by atoms with Crippen LogP contribution < -0.4 is 5.32 Å². The number of benzene rings is 1. The van der Waals surface area contributed by atoms with Gasteiger partial charge in [0.25, 0.3) is 0 Å². The molecule has 1 aromatic rings. The summed E-state index contributed by atoms with van der Waals surface area (Å²) in [5.74, 6) is 0.771. The van der Waals surface area contributed by atoms with Gasteiger partial charge in [0, 0.05) is 10.5 Å². The molecule has 0 fully saturated rings. The van der Waals surface area contributed by atoms with Gasteiger partial charge in [0.1, 0.15) is 0 Å². The molecule has 0 saturated heterocycles. The Kier molecular flexibility index (Phi) is 6.21. The topological polar surface area (TPSA) is 12.0 Å². The molecule has 1 N–H and O–H groups in total. The molecule has 1 nitrogen and oxygen atoms in total. The van der Waals surface area contributed by atoms with E-state index >= 15 is 0 Å². The third-order valence-corrected chi connectivity index (χ3v) is 3.96. The molecule has 0 radical (unpaired) electrons. The van der Waals surface area contributed by atoms with E-state index in [1.165, 1.54) is 28.4 Å². The molecule has 17 heavy (non-hydrogen) atoms. The Balaban J connectivity index is 2.77. The van der Waals surface area contributed by atoms with Crippen LogP contribution in [0.4, 0.5) is 0 Å².